The van der Waals surface area contributed by atoms with E-state index in [1.54, 1.807) is 47.5 Å². The van der Waals surface area contributed by atoms with Crippen molar-refractivity contribution < 1.29 is 14.7 Å². The molecule has 11 heteroatoms. The van der Waals surface area contributed by atoms with Crippen molar-refractivity contribution in [3.8, 4) is 16.2 Å². The van der Waals surface area contributed by atoms with Gasteiger partial charge in [0.2, 0.25) is 0 Å². The Kier molecular flexibility index (Phi) is 11.1. The zero-order chi connectivity index (χ0) is 23.4. The average molecular weight is 551 g/mol. The molecule has 0 radical (unpaired) electrons. The summed E-state index contributed by atoms with van der Waals surface area (Å²) < 4.78 is 0. The van der Waals surface area contributed by atoms with Crippen LogP contribution in [0.15, 0.2) is 40.8 Å². The predicted molar refractivity (Wildman–Crippen MR) is 140 cm³/mol. The van der Waals surface area contributed by atoms with Crippen LogP contribution in [-0.4, -0.2) is 92.0 Å². The van der Waals surface area contributed by atoms with Crippen LogP contribution in [0.1, 0.15) is 45.7 Å². The summed E-state index contributed by atoms with van der Waals surface area (Å²) in [4.78, 5) is 28.1. The second-order valence-electron chi connectivity index (χ2n) is 6.74. The number of nitrogens with one attached hydrogen (secondary N) is 1. The molecule has 33 heavy (non-hydrogen) atoms. The molecule has 2 amide bonds. The molecular formula is C22H22Cl2KN3O3S2. The minimum atomic E-state index is -0.424. The normalized spacial score (nSPS) is 11.1. The number of aromatic hydroxyl groups is 1. The standard InChI is InChI=1S/C22H21Cl2N3O3S2.K.H/c1-4-27(5-2)22(30)18-9-8-17(32-18)21(29)26-25-12(3)14-11-31-20(19(14)28)13-6-7-15(23)16(24)10-13;;/h6-11,28H,4-5H2,1-3H3,(H,26,29);;/b25-12-;;. The molecule has 170 valence electrons. The molecule has 0 aliphatic rings. The van der Waals surface area contributed by atoms with E-state index in [0.29, 0.717) is 49.0 Å². The first-order valence-electron chi connectivity index (χ1n) is 9.76. The Balaban J connectivity index is 0.00000385. The third-order valence-corrected chi connectivity index (χ3v) is 7.58. The van der Waals surface area contributed by atoms with Gasteiger partial charge in [-0.15, -0.1) is 22.7 Å². The molecule has 3 aromatic rings. The second kappa shape index (κ2) is 12.8. The number of rotatable bonds is 7. The van der Waals surface area contributed by atoms with Crippen molar-refractivity contribution in [2.24, 2.45) is 5.10 Å². The van der Waals surface area contributed by atoms with Crippen molar-refractivity contribution in [3.05, 3.63) is 61.1 Å². The summed E-state index contributed by atoms with van der Waals surface area (Å²) in [5.74, 6) is -0.476. The number of nitrogens with zero attached hydrogens (tertiary/aromatic N) is 2. The van der Waals surface area contributed by atoms with Crippen molar-refractivity contribution in [1.82, 2.24) is 10.3 Å². The van der Waals surface area contributed by atoms with Crippen LogP contribution in [0, 0.1) is 0 Å². The van der Waals surface area contributed by atoms with Crippen LogP contribution in [0.2, 0.25) is 10.0 Å². The third-order valence-electron chi connectivity index (χ3n) is 4.75. The van der Waals surface area contributed by atoms with Crippen molar-refractivity contribution in [3.63, 3.8) is 0 Å². The van der Waals surface area contributed by atoms with E-state index in [0.717, 1.165) is 16.9 Å². The molecule has 0 fully saturated rings. The second-order valence-corrected chi connectivity index (χ2v) is 9.51. The molecule has 0 saturated heterocycles. The summed E-state index contributed by atoms with van der Waals surface area (Å²) in [5.41, 5.74) is 4.16. The molecule has 2 heterocycles. The molecule has 3 rings (SSSR count). The predicted octanol–water partition coefficient (Wildman–Crippen LogP) is 5.48. The van der Waals surface area contributed by atoms with Gasteiger partial charge in [0, 0.05) is 18.5 Å². The monoisotopic (exact) mass is 549 g/mol. The number of benzene rings is 1. The van der Waals surface area contributed by atoms with Crippen molar-refractivity contribution in [1.29, 1.82) is 0 Å². The molecule has 0 aliphatic carbocycles. The SMILES string of the molecule is CCN(CC)C(=O)c1ccc(C(=O)N/N=C(/C)c2csc(-c3ccc(Cl)c(Cl)c3)c2O)s1.[KH]. The number of amides is 2. The molecule has 2 N–H and O–H groups in total. The van der Waals surface area contributed by atoms with Crippen LogP contribution in [0.25, 0.3) is 10.4 Å². The fourth-order valence-electron chi connectivity index (χ4n) is 2.94. The molecule has 0 aliphatic heterocycles. The molecule has 2 aromatic heterocycles. The Morgan fingerprint density at radius 3 is 2.39 bits per heavy atom. The fourth-order valence-corrected chi connectivity index (χ4v) is 5.11. The first-order valence-corrected chi connectivity index (χ1v) is 12.2. The Morgan fingerprint density at radius 1 is 1.09 bits per heavy atom. The fraction of sp³-hybridized carbons (Fsp3) is 0.227. The maximum atomic E-state index is 12.5. The topological polar surface area (TPSA) is 82.0 Å². The van der Waals surface area contributed by atoms with E-state index in [1.165, 1.54) is 11.3 Å². The third kappa shape index (κ3) is 6.68. The zero-order valence-electron chi connectivity index (χ0n) is 17.6. The van der Waals surface area contributed by atoms with Gasteiger partial charge in [-0.1, -0.05) is 29.3 Å². The van der Waals surface area contributed by atoms with E-state index < -0.39 is 5.91 Å². The summed E-state index contributed by atoms with van der Waals surface area (Å²) in [6.45, 7) is 6.71. The molecule has 6 nitrogen and oxygen atoms in total. The van der Waals surface area contributed by atoms with E-state index >= 15 is 0 Å². The van der Waals surface area contributed by atoms with E-state index in [1.807, 2.05) is 13.8 Å². The van der Waals surface area contributed by atoms with Crippen LogP contribution < -0.4 is 5.43 Å². The van der Waals surface area contributed by atoms with Crippen LogP contribution in [0.4, 0.5) is 0 Å². The van der Waals surface area contributed by atoms with E-state index in [-0.39, 0.29) is 63.0 Å². The zero-order valence-corrected chi connectivity index (χ0v) is 20.8. The molecule has 0 atom stereocenters. The van der Waals surface area contributed by atoms with Crippen LogP contribution in [0.3, 0.4) is 0 Å². The van der Waals surface area contributed by atoms with Crippen molar-refractivity contribution in [2.75, 3.05) is 13.1 Å². The van der Waals surface area contributed by atoms with Gasteiger partial charge >= 0.3 is 51.4 Å². The van der Waals surface area contributed by atoms with Gasteiger partial charge in [-0.25, -0.2) is 5.43 Å². The number of halogens is 2. The average Bonchev–Trinajstić information content (AvgIpc) is 3.42. The van der Waals surface area contributed by atoms with Gasteiger partial charge in [-0.2, -0.15) is 5.10 Å². The number of hydrogen-bond donors (Lipinski definition) is 2. The molecule has 0 spiro atoms. The Labute approximate surface area is 253 Å². The maximum absolute atomic E-state index is 12.5. The van der Waals surface area contributed by atoms with Crippen molar-refractivity contribution in [2.45, 2.75) is 20.8 Å². The van der Waals surface area contributed by atoms with Gasteiger partial charge in [0.05, 0.1) is 36.0 Å². The summed E-state index contributed by atoms with van der Waals surface area (Å²) >= 11 is 14.5. The summed E-state index contributed by atoms with van der Waals surface area (Å²) in [5, 5.41) is 17.4. The van der Waals surface area contributed by atoms with Crippen LogP contribution >= 0.6 is 45.9 Å². The summed E-state index contributed by atoms with van der Waals surface area (Å²) in [6, 6.07) is 8.36. The molecule has 1 aromatic carbocycles. The minimum absolute atomic E-state index is 0. The first kappa shape index (κ1) is 28.5. The van der Waals surface area contributed by atoms with E-state index in [4.69, 9.17) is 23.2 Å². The van der Waals surface area contributed by atoms with Gasteiger partial charge in [0.1, 0.15) is 5.75 Å². The van der Waals surface area contributed by atoms with Gasteiger partial charge in [0.25, 0.3) is 11.8 Å². The van der Waals surface area contributed by atoms with Gasteiger partial charge in [-0.05, 0) is 50.6 Å². The van der Waals surface area contributed by atoms with E-state index in [9.17, 15) is 14.7 Å². The van der Waals surface area contributed by atoms with Crippen LogP contribution in [0.5, 0.6) is 5.75 Å². The number of hydrazone groups is 1. The van der Waals surface area contributed by atoms with E-state index in [2.05, 4.69) is 10.5 Å². The molecule has 0 saturated carbocycles. The Hall–Kier alpha value is -0.754. The molecule has 0 bridgehead atoms. The Bertz CT molecular complexity index is 1190. The Morgan fingerprint density at radius 2 is 1.76 bits per heavy atom. The first-order chi connectivity index (χ1) is 15.3. The summed E-state index contributed by atoms with van der Waals surface area (Å²) in [6.07, 6.45) is 0. The number of hydrogen-bond acceptors (Lipinski definition) is 6. The van der Waals surface area contributed by atoms with Crippen LogP contribution in [-0.2, 0) is 0 Å². The van der Waals surface area contributed by atoms with Gasteiger partial charge < -0.3 is 10.0 Å². The number of carbonyl (C=O) groups excluding carboxylic acids is 2. The van der Waals surface area contributed by atoms with Gasteiger partial charge in [0.15, 0.2) is 0 Å². The van der Waals surface area contributed by atoms with Gasteiger partial charge in [-0.3, -0.25) is 9.59 Å². The molecule has 0 unspecified atom stereocenters. The molecular weight excluding hydrogens is 528 g/mol. The van der Waals surface area contributed by atoms with Crippen molar-refractivity contribution >= 4 is 115 Å². The number of thiophene rings is 2. The quantitative estimate of drug-likeness (QED) is 0.232. The number of carbonyl (C=O) groups is 2. The summed E-state index contributed by atoms with van der Waals surface area (Å²) in [7, 11) is 0.